The van der Waals surface area contributed by atoms with Crippen molar-refractivity contribution in [3.8, 4) is 0 Å². The number of hydrogen-bond acceptors (Lipinski definition) is 1. The Bertz CT molecular complexity index is 363. The van der Waals surface area contributed by atoms with Crippen LogP contribution in [-0.4, -0.2) is 23.5 Å². The van der Waals surface area contributed by atoms with E-state index in [4.69, 9.17) is 0 Å². The van der Waals surface area contributed by atoms with E-state index in [1.807, 2.05) is 0 Å². The van der Waals surface area contributed by atoms with Gasteiger partial charge in [-0.15, -0.1) is 0 Å². The van der Waals surface area contributed by atoms with Crippen LogP contribution < -0.4 is 0 Å². The van der Waals surface area contributed by atoms with Crippen LogP contribution in [0.4, 0.5) is 0 Å². The lowest BCUT2D eigenvalue weighted by atomic mass is 10.1. The zero-order valence-electron chi connectivity index (χ0n) is 13.0. The molecule has 1 aromatic carbocycles. The van der Waals surface area contributed by atoms with Crippen LogP contribution in [0.1, 0.15) is 58.4 Å². The molecule has 0 spiro atoms. The second kappa shape index (κ2) is 6.56. The van der Waals surface area contributed by atoms with Gasteiger partial charge in [0.15, 0.2) is 0 Å². The molecule has 0 saturated heterocycles. The van der Waals surface area contributed by atoms with Gasteiger partial charge in [-0.1, -0.05) is 44.2 Å². The van der Waals surface area contributed by atoms with Gasteiger partial charge in [-0.3, -0.25) is 4.90 Å². The summed E-state index contributed by atoms with van der Waals surface area (Å²) >= 11 is 0. The largest absolute Gasteiger partial charge is 0.298 e. The quantitative estimate of drug-likeness (QED) is 0.686. The smallest absolute Gasteiger partial charge is 0.00672 e. The maximum absolute atomic E-state index is 2.73. The van der Waals surface area contributed by atoms with Crippen molar-refractivity contribution in [3.05, 3.63) is 35.9 Å². The highest BCUT2D eigenvalue weighted by Gasteiger charge is 2.40. The molecule has 2 rings (SSSR count). The van der Waals surface area contributed by atoms with Crippen LogP contribution >= 0.6 is 0 Å². The summed E-state index contributed by atoms with van der Waals surface area (Å²) in [4.78, 5) is 2.73. The number of benzene rings is 1. The van der Waals surface area contributed by atoms with Crippen LogP contribution in [0.5, 0.6) is 0 Å². The number of nitrogens with zero attached hydrogens (tertiary/aromatic N) is 1. The van der Waals surface area contributed by atoms with E-state index in [1.54, 1.807) is 5.56 Å². The molecule has 106 valence electrons. The molecule has 0 amide bonds. The van der Waals surface area contributed by atoms with Gasteiger partial charge in [0.25, 0.3) is 0 Å². The van der Waals surface area contributed by atoms with Gasteiger partial charge >= 0.3 is 0 Å². The van der Waals surface area contributed by atoms with E-state index >= 15 is 0 Å². The Morgan fingerprint density at radius 3 is 2.16 bits per heavy atom. The highest BCUT2D eigenvalue weighted by atomic mass is 15.2. The minimum Gasteiger partial charge on any atom is -0.298 e. The summed E-state index contributed by atoms with van der Waals surface area (Å²) in [5, 5.41) is 0. The third kappa shape index (κ3) is 3.60. The predicted molar refractivity (Wildman–Crippen MR) is 83.5 cm³/mol. The summed E-state index contributed by atoms with van der Waals surface area (Å²) < 4.78 is 0. The van der Waals surface area contributed by atoms with Gasteiger partial charge in [0, 0.05) is 18.6 Å². The van der Waals surface area contributed by atoms with Crippen LogP contribution in [0, 0.1) is 5.92 Å². The van der Waals surface area contributed by atoms with Gasteiger partial charge in [-0.25, -0.2) is 0 Å². The molecule has 0 radical (unpaired) electrons. The second-order valence-corrected chi connectivity index (χ2v) is 6.22. The number of hydrogen-bond donors (Lipinski definition) is 0. The van der Waals surface area contributed by atoms with E-state index in [-0.39, 0.29) is 0 Å². The molecule has 1 nitrogen and oxygen atoms in total. The van der Waals surface area contributed by atoms with Crippen LogP contribution in [0.15, 0.2) is 30.3 Å². The molecule has 0 N–H and O–H groups in total. The van der Waals surface area contributed by atoms with Gasteiger partial charge in [-0.2, -0.15) is 0 Å². The fourth-order valence-electron chi connectivity index (χ4n) is 3.09. The highest BCUT2D eigenvalue weighted by molar-refractivity contribution is 5.25. The Hall–Kier alpha value is -0.820. The molecule has 1 heteroatoms. The van der Waals surface area contributed by atoms with E-state index in [0.29, 0.717) is 12.1 Å². The highest BCUT2D eigenvalue weighted by Crippen LogP contribution is 2.48. The summed E-state index contributed by atoms with van der Waals surface area (Å²) in [6.45, 7) is 10.7. The van der Waals surface area contributed by atoms with Gasteiger partial charge in [0.05, 0.1) is 0 Å². The van der Waals surface area contributed by atoms with Crippen molar-refractivity contribution in [1.82, 2.24) is 4.90 Å². The lowest BCUT2D eigenvalue weighted by molar-refractivity contribution is 0.138. The SMILES string of the molecule is CC[C@@H](C)N(C[C@@H]1C[C@H]1c1ccccc1)[C@@H](C)CC. The van der Waals surface area contributed by atoms with E-state index < -0.39 is 0 Å². The normalized spacial score (nSPS) is 25.3. The molecule has 0 aromatic heterocycles. The molecule has 0 heterocycles. The molecule has 0 bridgehead atoms. The molecule has 0 aliphatic heterocycles. The standard InChI is InChI=1S/C18H29N/c1-5-14(3)19(15(4)6-2)13-17-12-18(17)16-10-8-7-9-11-16/h7-11,14-15,17-18H,5-6,12-13H2,1-4H3/t14-,15+,17-,18-/m0/s1. The molecular formula is C18H29N. The van der Waals surface area contributed by atoms with Crippen LogP contribution in [0.2, 0.25) is 0 Å². The van der Waals surface area contributed by atoms with Crippen molar-refractivity contribution in [1.29, 1.82) is 0 Å². The summed E-state index contributed by atoms with van der Waals surface area (Å²) in [6, 6.07) is 12.5. The molecule has 1 saturated carbocycles. The topological polar surface area (TPSA) is 3.24 Å². The second-order valence-electron chi connectivity index (χ2n) is 6.22. The monoisotopic (exact) mass is 259 g/mol. The Morgan fingerprint density at radius 1 is 1.05 bits per heavy atom. The third-order valence-electron chi connectivity index (χ3n) is 4.91. The van der Waals surface area contributed by atoms with Crippen molar-refractivity contribution >= 4 is 0 Å². The van der Waals surface area contributed by atoms with Crippen molar-refractivity contribution in [2.75, 3.05) is 6.54 Å². The van der Waals surface area contributed by atoms with E-state index in [9.17, 15) is 0 Å². The Balaban J connectivity index is 1.93. The molecule has 19 heavy (non-hydrogen) atoms. The third-order valence-corrected chi connectivity index (χ3v) is 4.91. The van der Waals surface area contributed by atoms with Crippen LogP contribution in [0.25, 0.3) is 0 Å². The Kier molecular flexibility index (Phi) is 5.04. The first-order valence-electron chi connectivity index (χ1n) is 7.98. The van der Waals surface area contributed by atoms with Crippen molar-refractivity contribution < 1.29 is 0 Å². The summed E-state index contributed by atoms with van der Waals surface area (Å²) in [7, 11) is 0. The first-order chi connectivity index (χ1) is 9.17. The first kappa shape index (κ1) is 14.6. The number of rotatable bonds is 7. The van der Waals surface area contributed by atoms with Crippen molar-refractivity contribution in [2.45, 2.75) is 65.0 Å². The molecule has 4 atom stereocenters. The predicted octanol–water partition coefficient (Wildman–Crippen LogP) is 4.69. The lowest BCUT2D eigenvalue weighted by Gasteiger charge is -2.34. The molecule has 1 fully saturated rings. The average molecular weight is 259 g/mol. The van der Waals surface area contributed by atoms with Gasteiger partial charge in [0.2, 0.25) is 0 Å². The van der Waals surface area contributed by atoms with Crippen LogP contribution in [0.3, 0.4) is 0 Å². The molecule has 1 aromatic rings. The maximum atomic E-state index is 2.73. The minimum absolute atomic E-state index is 0.715. The van der Waals surface area contributed by atoms with Crippen molar-refractivity contribution in [3.63, 3.8) is 0 Å². The first-order valence-corrected chi connectivity index (χ1v) is 7.98. The van der Waals surface area contributed by atoms with Crippen LogP contribution in [-0.2, 0) is 0 Å². The molecule has 0 unspecified atom stereocenters. The zero-order chi connectivity index (χ0) is 13.8. The maximum Gasteiger partial charge on any atom is 0.00672 e. The molecule has 1 aliphatic carbocycles. The zero-order valence-corrected chi connectivity index (χ0v) is 13.0. The van der Waals surface area contributed by atoms with E-state index in [2.05, 4.69) is 62.9 Å². The Labute approximate surface area is 119 Å². The average Bonchev–Trinajstić information content (AvgIpc) is 3.23. The molecular weight excluding hydrogens is 230 g/mol. The minimum atomic E-state index is 0.715. The van der Waals surface area contributed by atoms with Crippen molar-refractivity contribution in [2.24, 2.45) is 5.92 Å². The molecule has 1 aliphatic rings. The van der Waals surface area contributed by atoms with E-state index in [1.165, 1.54) is 25.8 Å². The Morgan fingerprint density at radius 2 is 1.63 bits per heavy atom. The fraction of sp³-hybridized carbons (Fsp3) is 0.667. The summed E-state index contributed by atoms with van der Waals surface area (Å²) in [5.41, 5.74) is 1.54. The van der Waals surface area contributed by atoms with Gasteiger partial charge < -0.3 is 0 Å². The summed E-state index contributed by atoms with van der Waals surface area (Å²) in [6.07, 6.45) is 3.90. The lowest BCUT2D eigenvalue weighted by Crippen LogP contribution is -2.41. The van der Waals surface area contributed by atoms with Gasteiger partial charge in [0.1, 0.15) is 0 Å². The van der Waals surface area contributed by atoms with E-state index in [0.717, 1.165) is 11.8 Å². The summed E-state index contributed by atoms with van der Waals surface area (Å²) in [5.74, 6) is 1.70. The fourth-order valence-corrected chi connectivity index (χ4v) is 3.09. The van der Waals surface area contributed by atoms with Gasteiger partial charge in [-0.05, 0) is 50.5 Å².